The first-order valence-corrected chi connectivity index (χ1v) is 4.23. The fraction of sp³-hybridized carbons (Fsp3) is 0.455. The molecule has 0 saturated heterocycles. The summed E-state index contributed by atoms with van der Waals surface area (Å²) in [5.41, 5.74) is 0. The molecule has 0 aliphatic heterocycles. The van der Waals surface area contributed by atoms with Gasteiger partial charge in [0.05, 0.1) is 0 Å². The van der Waals surface area contributed by atoms with Gasteiger partial charge in [0, 0.05) is 0 Å². The molecule has 0 rings (SSSR count). The molecule has 0 aromatic rings. The number of allylic oxidation sites excluding steroid dienone is 5. The first-order valence-electron chi connectivity index (χ1n) is 4.23. The van der Waals surface area contributed by atoms with Crippen molar-refractivity contribution in [3.05, 3.63) is 37.0 Å². The molecule has 0 unspecified atom stereocenters. The Labute approximate surface area is 71.3 Å². The molecule has 64 valence electrons. The Balaban J connectivity index is 0. The predicted octanol–water partition coefficient (Wildman–Crippen LogP) is 3.97. The maximum atomic E-state index is 3.56. The lowest BCUT2D eigenvalue weighted by Gasteiger charge is -1.88. The molecule has 0 aromatic heterocycles. The molecule has 0 aromatic carbocycles. The molecule has 11 heavy (non-hydrogen) atoms. The van der Waals surface area contributed by atoms with E-state index in [0.29, 0.717) is 5.92 Å². The Morgan fingerprint density at radius 2 is 1.55 bits per heavy atom. The zero-order valence-electron chi connectivity index (χ0n) is 8.17. The van der Waals surface area contributed by atoms with Crippen molar-refractivity contribution < 1.29 is 0 Å². The first-order chi connectivity index (χ1) is 5.27. The predicted molar refractivity (Wildman–Crippen MR) is 54.7 cm³/mol. The van der Waals surface area contributed by atoms with Crippen LogP contribution in [0.5, 0.6) is 0 Å². The average molecular weight is 152 g/mol. The second-order valence-corrected chi connectivity index (χ2v) is 2.25. The molecule has 0 bridgehead atoms. The zero-order chi connectivity index (χ0) is 9.11. The van der Waals surface area contributed by atoms with Gasteiger partial charge in [-0.15, -0.1) is 0 Å². The summed E-state index contributed by atoms with van der Waals surface area (Å²) < 4.78 is 0. The molecule has 0 atom stereocenters. The van der Waals surface area contributed by atoms with Crippen LogP contribution in [-0.4, -0.2) is 0 Å². The summed E-state index contributed by atoms with van der Waals surface area (Å²) in [5, 5.41) is 0. The second kappa shape index (κ2) is 12.0. The minimum Gasteiger partial charge on any atom is -0.0991 e. The van der Waals surface area contributed by atoms with E-state index < -0.39 is 0 Å². The molecule has 0 aliphatic rings. The third kappa shape index (κ3) is 17.6. The molecule has 0 heterocycles. The molecule has 0 saturated carbocycles. The molecule has 0 heteroatoms. The van der Waals surface area contributed by atoms with Crippen molar-refractivity contribution in [3.8, 4) is 0 Å². The van der Waals surface area contributed by atoms with Crippen molar-refractivity contribution in [2.75, 3.05) is 0 Å². The van der Waals surface area contributed by atoms with Gasteiger partial charge in [0.25, 0.3) is 0 Å². The van der Waals surface area contributed by atoms with Gasteiger partial charge in [-0.25, -0.2) is 0 Å². The van der Waals surface area contributed by atoms with Crippen LogP contribution in [0.15, 0.2) is 37.0 Å². The van der Waals surface area contributed by atoms with Crippen LogP contribution in [-0.2, 0) is 0 Å². The maximum Gasteiger partial charge on any atom is -0.0287 e. The summed E-state index contributed by atoms with van der Waals surface area (Å²) in [6, 6.07) is 0. The summed E-state index contributed by atoms with van der Waals surface area (Å²) in [6.07, 6.45) is 9.84. The summed E-state index contributed by atoms with van der Waals surface area (Å²) >= 11 is 0. The van der Waals surface area contributed by atoms with E-state index in [1.54, 1.807) is 6.08 Å². The van der Waals surface area contributed by atoms with E-state index >= 15 is 0 Å². The topological polar surface area (TPSA) is 0 Å². The minimum atomic E-state index is 0.638. The van der Waals surface area contributed by atoms with Gasteiger partial charge in [0.2, 0.25) is 0 Å². The standard InChI is InChI=1S/C9H14.C2H6/c1-4-5-6-7-8-9(2)3;1-2/h4-9H,1H2,2-3H3;1-2H3/b6-5-,8-7-;. The highest BCUT2D eigenvalue weighted by molar-refractivity contribution is 5.09. The Morgan fingerprint density at radius 1 is 1.00 bits per heavy atom. The fourth-order valence-electron chi connectivity index (χ4n) is 0.429. The minimum absolute atomic E-state index is 0.638. The van der Waals surface area contributed by atoms with Crippen LogP contribution < -0.4 is 0 Å². The van der Waals surface area contributed by atoms with Gasteiger partial charge in [-0.1, -0.05) is 64.7 Å². The van der Waals surface area contributed by atoms with E-state index in [9.17, 15) is 0 Å². The molecule has 0 radical (unpaired) electrons. The van der Waals surface area contributed by atoms with Crippen LogP contribution in [0.3, 0.4) is 0 Å². The summed E-state index contributed by atoms with van der Waals surface area (Å²) in [5.74, 6) is 0.638. The van der Waals surface area contributed by atoms with Gasteiger partial charge in [-0.3, -0.25) is 0 Å². The zero-order valence-corrected chi connectivity index (χ0v) is 8.17. The Kier molecular flexibility index (Phi) is 14.0. The summed E-state index contributed by atoms with van der Waals surface area (Å²) in [7, 11) is 0. The first kappa shape index (κ1) is 12.9. The molecule has 0 N–H and O–H groups in total. The van der Waals surface area contributed by atoms with Gasteiger partial charge in [-0.2, -0.15) is 0 Å². The van der Waals surface area contributed by atoms with E-state index in [0.717, 1.165) is 0 Å². The Bertz CT molecular complexity index is 116. The van der Waals surface area contributed by atoms with Crippen LogP contribution >= 0.6 is 0 Å². The van der Waals surface area contributed by atoms with Crippen LogP contribution in [0.25, 0.3) is 0 Å². The molecular weight excluding hydrogens is 132 g/mol. The van der Waals surface area contributed by atoms with E-state index in [2.05, 4.69) is 26.5 Å². The normalized spacial score (nSPS) is 10.3. The fourth-order valence-corrected chi connectivity index (χ4v) is 0.429. The molecular formula is C11H20. The van der Waals surface area contributed by atoms with Crippen LogP contribution in [0.4, 0.5) is 0 Å². The SMILES string of the molecule is C=C/C=C\C=C/C(C)C.CC. The van der Waals surface area contributed by atoms with Gasteiger partial charge in [-0.05, 0) is 5.92 Å². The molecule has 0 amide bonds. The van der Waals surface area contributed by atoms with E-state index in [1.165, 1.54) is 0 Å². The molecule has 0 aliphatic carbocycles. The van der Waals surface area contributed by atoms with Crippen LogP contribution in [0.1, 0.15) is 27.7 Å². The molecule has 0 fully saturated rings. The molecule has 0 nitrogen and oxygen atoms in total. The van der Waals surface area contributed by atoms with Crippen molar-refractivity contribution in [2.24, 2.45) is 5.92 Å². The van der Waals surface area contributed by atoms with Crippen molar-refractivity contribution in [3.63, 3.8) is 0 Å². The smallest absolute Gasteiger partial charge is 0.0287 e. The lowest BCUT2D eigenvalue weighted by molar-refractivity contribution is 0.832. The van der Waals surface area contributed by atoms with Crippen molar-refractivity contribution >= 4 is 0 Å². The molecule has 0 spiro atoms. The lowest BCUT2D eigenvalue weighted by Crippen LogP contribution is -1.74. The quantitative estimate of drug-likeness (QED) is 0.537. The van der Waals surface area contributed by atoms with Crippen molar-refractivity contribution in [1.82, 2.24) is 0 Å². The number of hydrogen-bond acceptors (Lipinski definition) is 0. The lowest BCUT2D eigenvalue weighted by atomic mass is 10.2. The maximum absolute atomic E-state index is 3.56. The van der Waals surface area contributed by atoms with Crippen molar-refractivity contribution in [2.45, 2.75) is 27.7 Å². The van der Waals surface area contributed by atoms with Gasteiger partial charge in [0.15, 0.2) is 0 Å². The third-order valence-corrected chi connectivity index (χ3v) is 0.854. The third-order valence-electron chi connectivity index (χ3n) is 0.854. The summed E-state index contributed by atoms with van der Waals surface area (Å²) in [6.45, 7) is 11.9. The summed E-state index contributed by atoms with van der Waals surface area (Å²) in [4.78, 5) is 0. The van der Waals surface area contributed by atoms with Crippen LogP contribution in [0, 0.1) is 5.92 Å². The van der Waals surface area contributed by atoms with E-state index in [4.69, 9.17) is 0 Å². The number of rotatable bonds is 3. The second-order valence-electron chi connectivity index (χ2n) is 2.25. The number of hydrogen-bond donors (Lipinski definition) is 0. The monoisotopic (exact) mass is 152 g/mol. The Hall–Kier alpha value is -0.780. The van der Waals surface area contributed by atoms with Crippen molar-refractivity contribution in [1.29, 1.82) is 0 Å². The van der Waals surface area contributed by atoms with Gasteiger partial charge >= 0.3 is 0 Å². The van der Waals surface area contributed by atoms with Gasteiger partial charge < -0.3 is 0 Å². The largest absolute Gasteiger partial charge is 0.0991 e. The average Bonchev–Trinajstić information content (AvgIpc) is 2.02. The highest BCUT2D eigenvalue weighted by Gasteiger charge is 1.78. The van der Waals surface area contributed by atoms with Gasteiger partial charge in [0.1, 0.15) is 0 Å². The highest BCUT2D eigenvalue weighted by atomic mass is 13.8. The van der Waals surface area contributed by atoms with E-state index in [-0.39, 0.29) is 0 Å². The highest BCUT2D eigenvalue weighted by Crippen LogP contribution is 1.92. The van der Waals surface area contributed by atoms with Crippen LogP contribution in [0.2, 0.25) is 0 Å². The van der Waals surface area contributed by atoms with E-state index in [1.807, 2.05) is 32.1 Å². The Morgan fingerprint density at radius 3 is 1.91 bits per heavy atom.